The quantitative estimate of drug-likeness (QED) is 0.0523. The Kier molecular flexibility index (Phi) is 17.2. The molecule has 0 aliphatic rings. The van der Waals surface area contributed by atoms with Gasteiger partial charge in [0.25, 0.3) is 83.2 Å². The second kappa shape index (κ2) is 22.8. The molecule has 7 aromatic rings. The Hall–Kier alpha value is -8.20. The molecule has 84 heavy (non-hydrogen) atoms. The molecule has 0 N–H and O–H groups in total. The number of fused-ring (bicyclic) bond motifs is 2. The molecule has 0 aliphatic heterocycles. The fraction of sp³-hybridized carbons (Fsp3) is 0.0526. The van der Waals surface area contributed by atoms with Gasteiger partial charge in [0.1, 0.15) is 58.2 Å². The number of benzene rings is 5. The summed E-state index contributed by atoms with van der Waals surface area (Å²) >= 11 is 0. The van der Waals surface area contributed by atoms with E-state index in [1.807, 2.05) is 0 Å². The van der Waals surface area contributed by atoms with Gasteiger partial charge in [-0.2, -0.15) is 0 Å². The first kappa shape index (κ1) is 63.4. The maximum Gasteiger partial charge on any atom is 0.262 e. The third-order valence-corrected chi connectivity index (χ3v) is 12.6. The summed E-state index contributed by atoms with van der Waals surface area (Å²) in [4.78, 5) is 28.3. The fourth-order valence-electron chi connectivity index (χ4n) is 6.92. The van der Waals surface area contributed by atoms with Gasteiger partial charge in [-0.15, -0.1) is 0 Å². The largest absolute Gasteiger partial charge is 0.716 e. The lowest BCUT2D eigenvalue weighted by molar-refractivity contribution is 0.301. The third-order valence-electron chi connectivity index (χ3n) is 9.51. The molecule has 0 aliphatic carbocycles. The van der Waals surface area contributed by atoms with Crippen molar-refractivity contribution in [3.8, 4) is 80.1 Å². The summed E-state index contributed by atoms with van der Waals surface area (Å²) in [5.41, 5.74) is -7.23. The van der Waals surface area contributed by atoms with Gasteiger partial charge in [0.05, 0.1) is 0 Å². The zero-order valence-electron chi connectivity index (χ0n) is 39.3. The molecule has 2 heterocycles. The van der Waals surface area contributed by atoms with Crippen LogP contribution in [0.2, 0.25) is 0 Å². The van der Waals surface area contributed by atoms with Crippen molar-refractivity contribution < 1.29 is 156 Å². The summed E-state index contributed by atoms with van der Waals surface area (Å²) in [7, 11) is -46.9. The predicted octanol–water partition coefficient (Wildman–Crippen LogP) is -0.897. The lowest BCUT2D eigenvalue weighted by atomic mass is 10.1. The molecule has 0 radical (unpaired) electrons. The fourth-order valence-corrected chi connectivity index (χ4v) is 9.71. The number of ether oxygens (including phenoxy) is 2. The van der Waals surface area contributed by atoms with Crippen LogP contribution >= 0.6 is 0 Å². The van der Waals surface area contributed by atoms with Gasteiger partial charge in [-0.05, 0) is 53.6 Å². The molecule has 5 aromatic carbocycles. The molecular weight excluding hydrogens is 1320 g/mol. The predicted molar refractivity (Wildman–Crippen MR) is 254 cm³/mol. The molecule has 0 saturated heterocycles. The van der Waals surface area contributed by atoms with Gasteiger partial charge in [0.2, 0.25) is 22.4 Å². The van der Waals surface area contributed by atoms with Crippen LogP contribution in [0.4, 0.5) is 0 Å². The molecule has 7 rings (SSSR count). The van der Waals surface area contributed by atoms with E-state index in [1.54, 1.807) is 0 Å². The van der Waals surface area contributed by atoms with Crippen LogP contribution in [0.15, 0.2) is 103 Å². The first-order valence-corrected chi connectivity index (χ1v) is 31.2. The second-order valence-corrected chi connectivity index (χ2v) is 23.3. The second-order valence-electron chi connectivity index (χ2n) is 15.4. The Morgan fingerprint density at radius 1 is 0.333 bits per heavy atom. The van der Waals surface area contributed by atoms with Crippen molar-refractivity contribution in [1.29, 1.82) is 0 Å². The molecule has 0 unspecified atom stereocenters. The molecule has 0 fully saturated rings. The van der Waals surface area contributed by atoms with Gasteiger partial charge in [-0.25, -0.2) is 67.3 Å². The van der Waals surface area contributed by atoms with Crippen molar-refractivity contribution >= 4 is 105 Å². The van der Waals surface area contributed by atoms with Crippen molar-refractivity contribution in [1.82, 2.24) is 0 Å². The first-order valence-electron chi connectivity index (χ1n) is 20.5. The average Bonchev–Trinajstić information content (AvgIpc) is 1.66. The SMILES string of the molecule is O=c1c(OS(=O)(=O)[O-])c(-c2ccc(OS(=O)(=O)[O-])c(OS(=O)(=O)[O-])c2)oc2cc(OS(=O)(=O)[O-])cc(OCc3cccc(COc4cc(OS(=O)(=O)[O-])cc5oc(-c6ccc(OS(=O)(=O)[O-])c(OS(=O)(=O)[O-])c6)c(OS(=O)(=O)[O-])c(=O)c45)c3)c12. The summed E-state index contributed by atoms with van der Waals surface area (Å²) in [6, 6.07) is 9.29. The van der Waals surface area contributed by atoms with E-state index in [4.69, 9.17) is 18.3 Å². The molecule has 0 atom stereocenters. The van der Waals surface area contributed by atoms with Gasteiger partial charge in [0.15, 0.2) is 34.5 Å². The zero-order chi connectivity index (χ0) is 62.5. The maximum absolute atomic E-state index is 14.1. The Morgan fingerprint density at radius 3 is 0.952 bits per heavy atom. The summed E-state index contributed by atoms with van der Waals surface area (Å²) in [5.74, 6) is -15.3. The van der Waals surface area contributed by atoms with Crippen LogP contribution in [-0.4, -0.2) is 104 Å². The van der Waals surface area contributed by atoms with Gasteiger partial charge >= 0.3 is 0 Å². The van der Waals surface area contributed by atoms with E-state index < -0.39 is 209 Å². The van der Waals surface area contributed by atoms with Crippen LogP contribution < -0.4 is 53.8 Å². The highest BCUT2D eigenvalue weighted by atomic mass is 32.3. The minimum absolute atomic E-state index is 0.0350. The Bertz CT molecular complexity index is 4630. The normalized spacial score (nSPS) is 12.8. The highest BCUT2D eigenvalue weighted by molar-refractivity contribution is 7.82. The van der Waals surface area contributed by atoms with Crippen molar-refractivity contribution in [3.63, 3.8) is 0 Å². The summed E-state index contributed by atoms with van der Waals surface area (Å²) in [5, 5.41) is -1.98. The van der Waals surface area contributed by atoms with E-state index >= 15 is 0 Å². The van der Waals surface area contributed by atoms with E-state index in [1.165, 1.54) is 18.2 Å². The van der Waals surface area contributed by atoms with Crippen molar-refractivity contribution in [2.45, 2.75) is 13.2 Å². The van der Waals surface area contributed by atoms with Crippen LogP contribution in [0.25, 0.3) is 44.6 Å². The van der Waals surface area contributed by atoms with Gasteiger partial charge < -0.3 is 88.2 Å². The molecule has 0 bridgehead atoms. The first-order chi connectivity index (χ1) is 38.3. The van der Waals surface area contributed by atoms with Gasteiger partial charge in [-0.3, -0.25) is 9.59 Å². The van der Waals surface area contributed by atoms with E-state index in [0.717, 1.165) is 6.07 Å². The Labute approximate surface area is 468 Å². The molecule has 2 aromatic heterocycles. The number of hydrogen-bond donors (Lipinski definition) is 0. The van der Waals surface area contributed by atoms with E-state index in [-0.39, 0.29) is 23.3 Å². The van der Waals surface area contributed by atoms with Gasteiger partial charge in [0, 0.05) is 35.4 Å². The van der Waals surface area contributed by atoms with Crippen LogP contribution in [0.5, 0.6) is 57.5 Å². The van der Waals surface area contributed by atoms with Crippen LogP contribution in [0.3, 0.4) is 0 Å². The highest BCUT2D eigenvalue weighted by Crippen LogP contribution is 2.43. The Morgan fingerprint density at radius 2 is 0.643 bits per heavy atom. The van der Waals surface area contributed by atoms with Gasteiger partial charge in [-0.1, -0.05) is 18.2 Å². The summed E-state index contributed by atoms with van der Waals surface area (Å²) < 4.78 is 335. The van der Waals surface area contributed by atoms with Crippen molar-refractivity contribution in [3.05, 3.63) is 117 Å². The highest BCUT2D eigenvalue weighted by Gasteiger charge is 2.28. The van der Waals surface area contributed by atoms with E-state index in [0.29, 0.717) is 48.5 Å². The zero-order valence-corrected chi connectivity index (χ0v) is 45.8. The minimum Gasteiger partial charge on any atom is -0.716 e. The third kappa shape index (κ3) is 17.4. The van der Waals surface area contributed by atoms with Crippen LogP contribution in [-0.2, 0) is 96.4 Å². The van der Waals surface area contributed by atoms with E-state index in [2.05, 4.69) is 33.5 Å². The number of rotatable bonds is 24. The molecule has 0 spiro atoms. The minimum atomic E-state index is -6.06. The molecule has 0 saturated carbocycles. The lowest BCUT2D eigenvalue weighted by Crippen LogP contribution is -2.17. The van der Waals surface area contributed by atoms with Crippen LogP contribution in [0, 0.1) is 0 Å². The van der Waals surface area contributed by atoms with Crippen molar-refractivity contribution in [2.75, 3.05) is 0 Å². The topological polar surface area (TPSA) is 610 Å². The monoisotopic (exact) mass is 1340 g/mol. The van der Waals surface area contributed by atoms with Crippen molar-refractivity contribution in [2.24, 2.45) is 0 Å². The Balaban J connectivity index is 1.31. The standard InChI is InChI=1S/C38H26O38S8/c39-33-31-27(11-21(69-77(41,42)43)13-29(31)67-35(37(33)75-83(59,60)61)19-4-6-23(71-79(47,48)49)25(9-19)73-81(53,54)55)65-15-17-2-1-3-18(8-17)16-66-28-12-22(70-78(44,45)46)14-30-32(28)34(40)38(76-84(62,63)64)36(68-30)20-5-7-24(72-80(50,51)52)26(10-20)74-82(56,57)58/h1-14H,15-16H2,(H,41,42,43)(H,44,45,46)(H,47,48,49)(H,50,51,52)(H,53,54,55)(H,56,57,58)(H,59,60,61)(H,62,63,64)/p-8. The lowest BCUT2D eigenvalue weighted by Gasteiger charge is -2.18. The molecule has 46 heteroatoms. The maximum atomic E-state index is 14.1. The average molecular weight is 1340 g/mol. The number of hydrogen-bond acceptors (Lipinski definition) is 38. The molecular formula is C38H18O38S8-8. The molecule has 38 nitrogen and oxygen atoms in total. The van der Waals surface area contributed by atoms with Crippen LogP contribution in [0.1, 0.15) is 11.1 Å². The summed E-state index contributed by atoms with van der Waals surface area (Å²) in [6.07, 6.45) is 0. The molecule has 0 amide bonds. The van der Waals surface area contributed by atoms with E-state index in [9.17, 15) is 113 Å². The smallest absolute Gasteiger partial charge is 0.262 e. The molecule has 454 valence electrons. The summed E-state index contributed by atoms with van der Waals surface area (Å²) in [6.45, 7) is -1.64.